The van der Waals surface area contributed by atoms with E-state index in [9.17, 15) is 4.57 Å². The van der Waals surface area contributed by atoms with Gasteiger partial charge in [-0.1, -0.05) is 20.4 Å². The molecule has 0 aromatic carbocycles. The summed E-state index contributed by atoms with van der Waals surface area (Å²) in [4.78, 5) is 0. The van der Waals surface area contributed by atoms with Crippen molar-refractivity contribution >= 4 is 20.4 Å². The number of rotatable bonds is 1. The first kappa shape index (κ1) is 29.4. The first-order valence-electron chi connectivity index (χ1n) is 2.85. The van der Waals surface area contributed by atoms with Crippen LogP contribution in [0.5, 0.6) is 0 Å². The molecule has 0 aromatic heterocycles. The second kappa shape index (κ2) is 42.2. The molecule has 0 amide bonds. The zero-order valence-electron chi connectivity index (χ0n) is 8.22. The van der Waals surface area contributed by atoms with E-state index in [-0.39, 0.29) is 40.1 Å². The van der Waals surface area contributed by atoms with Gasteiger partial charge < -0.3 is 12.0 Å². The molecular weight excluding hydrogens is 252 g/mol. The summed E-state index contributed by atoms with van der Waals surface area (Å²) in [7, 11) is -1.36. The van der Waals surface area contributed by atoms with Crippen molar-refractivity contribution < 1.29 is 37.3 Å². The Morgan fingerprint density at radius 3 is 1.45 bits per heavy atom. The molecule has 0 aliphatic carbocycles. The van der Waals surface area contributed by atoms with Crippen molar-refractivity contribution in [3.05, 3.63) is 19.8 Å². The average molecular weight is 272 g/mol. The van der Waals surface area contributed by atoms with Crippen LogP contribution in [0, 0.1) is 7.43 Å². The van der Waals surface area contributed by atoms with Crippen LogP contribution in [0.3, 0.4) is 0 Å². The normalized spacial score (nSPS) is 7.36. The summed E-state index contributed by atoms with van der Waals surface area (Å²) in [6, 6.07) is 0. The molecule has 0 saturated heterocycles. The summed E-state index contributed by atoms with van der Waals surface area (Å²) in [5.41, 5.74) is 0. The Morgan fingerprint density at radius 1 is 1.36 bits per heavy atom. The molecule has 0 rings (SSSR count). The number of thiol groups is 1. The van der Waals surface area contributed by atoms with E-state index in [0.29, 0.717) is 0 Å². The molecule has 69 valence electrons. The fourth-order valence-electron chi connectivity index (χ4n) is 0. The monoisotopic (exact) mass is 272 g/mol. The van der Waals surface area contributed by atoms with Crippen molar-refractivity contribution in [1.82, 2.24) is 0 Å². The van der Waals surface area contributed by atoms with E-state index in [1.807, 2.05) is 13.8 Å². The fraction of sp³-hybridized carbons (Fsp3) is 0.571. The summed E-state index contributed by atoms with van der Waals surface area (Å²) in [5, 5.41) is 0. The molecule has 1 unspecified atom stereocenters. The molecule has 0 fully saturated rings. The van der Waals surface area contributed by atoms with Gasteiger partial charge in [-0.15, -0.1) is 0 Å². The molecule has 0 aliphatic heterocycles. The van der Waals surface area contributed by atoms with E-state index in [4.69, 9.17) is 0 Å². The van der Waals surface area contributed by atoms with E-state index in [1.54, 1.807) is 12.9 Å². The van der Waals surface area contributed by atoms with Gasteiger partial charge in [0.1, 0.15) is 0 Å². The van der Waals surface area contributed by atoms with E-state index in [0.717, 1.165) is 0 Å². The molecule has 0 saturated carbocycles. The van der Waals surface area contributed by atoms with Gasteiger partial charge in [0.15, 0.2) is 0 Å². The summed E-state index contributed by atoms with van der Waals surface area (Å²) < 4.78 is 9.88. The Bertz CT molecular complexity index is 69.5. The minimum Gasteiger partial charge on any atom is -0.358 e. The van der Waals surface area contributed by atoms with Gasteiger partial charge in [-0.05, 0) is 18.7 Å². The molecule has 0 aliphatic rings. The summed E-state index contributed by atoms with van der Waals surface area (Å²) >= 11 is 3.53. The second-order valence-electron chi connectivity index (χ2n) is 0.815. The number of hydrogen-bond donors (Lipinski definition) is 1. The third-order valence-electron chi connectivity index (χ3n) is 0.287. The molecule has 4 heteroatoms. The predicted octanol–water partition coefficient (Wildman–Crippen LogP) is 3.34. The molecule has 1 radical (unpaired) electrons. The first-order valence-corrected chi connectivity index (χ1v) is 5.73. The minimum absolute atomic E-state index is 0. The van der Waals surface area contributed by atoms with Gasteiger partial charge in [0.25, 0.3) is 0 Å². The SMILES string of the molecule is C=C[PH](C)=O.CC.CS.[CH3-].[Y]. The van der Waals surface area contributed by atoms with E-state index >= 15 is 0 Å². The molecule has 1 nitrogen and oxygen atoms in total. The maximum Gasteiger partial charge on any atom is 0.0933 e. The molecule has 0 bridgehead atoms. The van der Waals surface area contributed by atoms with Gasteiger partial charge in [0.05, 0.1) is 7.80 Å². The molecule has 0 aromatic rings. The van der Waals surface area contributed by atoms with Crippen LogP contribution in [0.15, 0.2) is 12.4 Å². The standard InChI is InChI=1S/C3H7OP.C2H6.CH4S.CH3.Y/c1-3-5(2)4;2*1-2;;/h3,5H,1H2,2H3;1-2H3;2H,1H3;1H3;/q;;;-1;. The summed E-state index contributed by atoms with van der Waals surface area (Å²) in [6.07, 6.45) is 1.69. The number of hydrogen-bond acceptors (Lipinski definition) is 2. The third kappa shape index (κ3) is 86.5. The fourth-order valence-corrected chi connectivity index (χ4v) is 0. The van der Waals surface area contributed by atoms with Gasteiger partial charge >= 0.3 is 0 Å². The second-order valence-corrected chi connectivity index (χ2v) is 2.44. The minimum atomic E-state index is -1.36. The van der Waals surface area contributed by atoms with Gasteiger partial charge in [0.2, 0.25) is 0 Å². The Morgan fingerprint density at radius 2 is 1.45 bits per heavy atom. The zero-order chi connectivity index (χ0) is 8.28. The van der Waals surface area contributed by atoms with Crippen molar-refractivity contribution in [1.29, 1.82) is 0 Å². The van der Waals surface area contributed by atoms with Crippen LogP contribution in [0.1, 0.15) is 13.8 Å². The molecule has 0 heterocycles. The molecular formula is C7H20OPSY-. The van der Waals surface area contributed by atoms with Crippen molar-refractivity contribution in [3.8, 4) is 0 Å². The topological polar surface area (TPSA) is 17.1 Å². The first-order chi connectivity index (χ1) is 4.27. The summed E-state index contributed by atoms with van der Waals surface area (Å²) in [5.74, 6) is 1.46. The van der Waals surface area contributed by atoms with Crippen molar-refractivity contribution in [2.24, 2.45) is 0 Å². The van der Waals surface area contributed by atoms with Crippen LogP contribution < -0.4 is 0 Å². The van der Waals surface area contributed by atoms with Gasteiger partial charge in [-0.25, -0.2) is 0 Å². The zero-order valence-corrected chi connectivity index (χ0v) is 12.9. The predicted molar refractivity (Wildman–Crippen MR) is 57.8 cm³/mol. The van der Waals surface area contributed by atoms with Crippen LogP contribution in [0.2, 0.25) is 0 Å². The van der Waals surface area contributed by atoms with Gasteiger partial charge in [0, 0.05) is 32.7 Å². The summed E-state index contributed by atoms with van der Waals surface area (Å²) in [6.45, 7) is 8.94. The largest absolute Gasteiger partial charge is 0.358 e. The molecule has 11 heavy (non-hydrogen) atoms. The molecule has 0 spiro atoms. The Balaban J connectivity index is -0.0000000178. The van der Waals surface area contributed by atoms with Crippen LogP contribution in [0.25, 0.3) is 0 Å². The Labute approximate surface area is 104 Å². The van der Waals surface area contributed by atoms with E-state index in [1.165, 1.54) is 5.82 Å². The Kier molecular flexibility index (Phi) is 113. The van der Waals surface area contributed by atoms with Gasteiger partial charge in [-0.2, -0.15) is 12.6 Å². The van der Waals surface area contributed by atoms with Crippen LogP contribution >= 0.6 is 20.4 Å². The maximum atomic E-state index is 9.88. The van der Waals surface area contributed by atoms with E-state index < -0.39 is 7.80 Å². The van der Waals surface area contributed by atoms with Crippen molar-refractivity contribution in [2.75, 3.05) is 12.9 Å². The van der Waals surface area contributed by atoms with Crippen LogP contribution in [-0.4, -0.2) is 12.9 Å². The Hall–Kier alpha value is 1.42. The van der Waals surface area contributed by atoms with Gasteiger partial charge in [-0.3, -0.25) is 0 Å². The molecule has 1 atom stereocenters. The molecule has 0 N–H and O–H groups in total. The third-order valence-corrected chi connectivity index (χ3v) is 0.862. The van der Waals surface area contributed by atoms with Crippen molar-refractivity contribution in [3.63, 3.8) is 0 Å². The van der Waals surface area contributed by atoms with Crippen molar-refractivity contribution in [2.45, 2.75) is 13.8 Å². The van der Waals surface area contributed by atoms with E-state index in [2.05, 4.69) is 19.2 Å². The quantitative estimate of drug-likeness (QED) is 0.440. The van der Waals surface area contributed by atoms with Crippen LogP contribution in [0.4, 0.5) is 0 Å². The van der Waals surface area contributed by atoms with Crippen LogP contribution in [-0.2, 0) is 37.3 Å². The maximum absolute atomic E-state index is 9.88. The smallest absolute Gasteiger partial charge is 0.0933 e. The average Bonchev–Trinajstić information content (AvgIpc) is 1.97.